The first kappa shape index (κ1) is 20.0. The molecular weight excluding hydrogens is 365 g/mol. The van der Waals surface area contributed by atoms with Gasteiger partial charge in [0.15, 0.2) is 0 Å². The zero-order valence-corrected chi connectivity index (χ0v) is 16.6. The van der Waals surface area contributed by atoms with Crippen LogP contribution in [0.15, 0.2) is 42.6 Å². The van der Waals surface area contributed by atoms with Crippen molar-refractivity contribution in [3.63, 3.8) is 0 Å². The Morgan fingerprint density at radius 2 is 1.74 bits per heavy atom. The van der Waals surface area contributed by atoms with Crippen LogP contribution in [-0.2, 0) is 22.8 Å². The van der Waals surface area contributed by atoms with Crippen molar-refractivity contribution in [3.8, 4) is 0 Å². The molecule has 1 aromatic carbocycles. The van der Waals surface area contributed by atoms with Crippen molar-refractivity contribution in [2.75, 3.05) is 19.6 Å². The molecule has 0 bridgehead atoms. The molecule has 27 heavy (non-hydrogen) atoms. The molecule has 0 aliphatic carbocycles. The van der Waals surface area contributed by atoms with Crippen molar-refractivity contribution >= 4 is 10.0 Å². The molecule has 0 saturated carbocycles. The van der Waals surface area contributed by atoms with Crippen LogP contribution in [-0.4, -0.2) is 37.5 Å². The number of nitrogens with zero attached hydrogens (tertiary/aromatic N) is 2. The van der Waals surface area contributed by atoms with E-state index in [-0.39, 0.29) is 17.6 Å². The van der Waals surface area contributed by atoms with Crippen LogP contribution in [0.25, 0.3) is 0 Å². The van der Waals surface area contributed by atoms with E-state index in [1.165, 1.54) is 37.1 Å². The summed E-state index contributed by atoms with van der Waals surface area (Å²) in [7, 11) is -1.51. The van der Waals surface area contributed by atoms with E-state index in [0.717, 1.165) is 31.6 Å². The minimum atomic E-state index is -3.50. The van der Waals surface area contributed by atoms with Crippen LogP contribution in [0.1, 0.15) is 43.0 Å². The van der Waals surface area contributed by atoms with E-state index in [9.17, 15) is 12.8 Å². The Morgan fingerprint density at radius 3 is 2.33 bits per heavy atom. The second kappa shape index (κ2) is 8.99. The monoisotopic (exact) mass is 393 g/mol. The molecule has 1 atom stereocenters. The van der Waals surface area contributed by atoms with E-state index < -0.39 is 10.0 Å². The van der Waals surface area contributed by atoms with Gasteiger partial charge in [-0.15, -0.1) is 0 Å². The zero-order valence-electron chi connectivity index (χ0n) is 15.8. The summed E-state index contributed by atoms with van der Waals surface area (Å²) in [5.41, 5.74) is 1.69. The van der Waals surface area contributed by atoms with Gasteiger partial charge in [-0.25, -0.2) is 17.5 Å². The van der Waals surface area contributed by atoms with Crippen molar-refractivity contribution in [2.45, 2.75) is 37.5 Å². The first-order valence-corrected chi connectivity index (χ1v) is 11.2. The lowest BCUT2D eigenvalue weighted by Gasteiger charge is -2.31. The number of rotatable bonds is 7. The maximum atomic E-state index is 13.0. The summed E-state index contributed by atoms with van der Waals surface area (Å²) >= 11 is 0. The van der Waals surface area contributed by atoms with Gasteiger partial charge in [0, 0.05) is 25.5 Å². The maximum absolute atomic E-state index is 13.0. The van der Waals surface area contributed by atoms with Crippen molar-refractivity contribution in [2.24, 2.45) is 7.05 Å². The number of halogens is 1. The molecular formula is C20H28FN3O2S. The minimum absolute atomic E-state index is 0.00564. The molecule has 1 fully saturated rings. The third-order valence-electron chi connectivity index (χ3n) is 5.17. The minimum Gasteiger partial charge on any atom is -0.353 e. The van der Waals surface area contributed by atoms with E-state index in [1.807, 2.05) is 19.3 Å². The molecule has 1 aromatic heterocycles. The molecule has 1 aliphatic heterocycles. The average molecular weight is 394 g/mol. The van der Waals surface area contributed by atoms with E-state index >= 15 is 0 Å². The Bertz CT molecular complexity index is 825. The molecule has 0 radical (unpaired) electrons. The van der Waals surface area contributed by atoms with Crippen molar-refractivity contribution in [1.29, 1.82) is 0 Å². The number of nitrogens with one attached hydrogen (secondary N) is 1. The van der Waals surface area contributed by atoms with E-state index in [2.05, 4.69) is 20.3 Å². The number of aromatic nitrogens is 1. The normalized spacial score (nSPS) is 17.6. The van der Waals surface area contributed by atoms with Crippen molar-refractivity contribution in [1.82, 2.24) is 14.2 Å². The van der Waals surface area contributed by atoms with Crippen molar-refractivity contribution < 1.29 is 12.8 Å². The van der Waals surface area contributed by atoms with Gasteiger partial charge in [0.05, 0.1) is 11.8 Å². The molecule has 1 unspecified atom stereocenters. The van der Waals surface area contributed by atoms with Crippen LogP contribution in [0.3, 0.4) is 0 Å². The molecule has 1 N–H and O–H groups in total. The SMILES string of the molecule is Cn1cccc1C(CNS(=O)(=O)Cc1ccc(F)cc1)N1CCCCCC1. The molecule has 2 aromatic rings. The van der Waals surface area contributed by atoms with Gasteiger partial charge in [-0.1, -0.05) is 25.0 Å². The van der Waals surface area contributed by atoms with Gasteiger partial charge in [-0.2, -0.15) is 0 Å². The summed E-state index contributed by atoms with van der Waals surface area (Å²) in [6.45, 7) is 2.30. The van der Waals surface area contributed by atoms with Crippen molar-refractivity contribution in [3.05, 3.63) is 59.7 Å². The second-order valence-electron chi connectivity index (χ2n) is 7.24. The Kier molecular flexibility index (Phi) is 6.68. The number of hydrogen-bond donors (Lipinski definition) is 1. The van der Waals surface area contributed by atoms with E-state index in [0.29, 0.717) is 12.1 Å². The summed E-state index contributed by atoms with van der Waals surface area (Å²) in [5, 5.41) is 0. The van der Waals surface area contributed by atoms with Crippen LogP contribution in [0.2, 0.25) is 0 Å². The second-order valence-corrected chi connectivity index (χ2v) is 9.05. The Labute approximate surface area is 161 Å². The van der Waals surface area contributed by atoms with Gasteiger partial charge in [0.25, 0.3) is 0 Å². The third kappa shape index (κ3) is 5.64. The number of likely N-dealkylation sites (tertiary alicyclic amines) is 1. The van der Waals surface area contributed by atoms with Gasteiger partial charge >= 0.3 is 0 Å². The van der Waals surface area contributed by atoms with Gasteiger partial charge in [-0.05, 0) is 55.8 Å². The summed E-state index contributed by atoms with van der Waals surface area (Å²) in [4.78, 5) is 2.39. The molecule has 1 saturated heterocycles. The molecule has 7 heteroatoms. The van der Waals surface area contributed by atoms with Gasteiger partial charge in [0.1, 0.15) is 5.82 Å². The third-order valence-corrected chi connectivity index (χ3v) is 6.49. The first-order chi connectivity index (χ1) is 12.9. The molecule has 2 heterocycles. The highest BCUT2D eigenvalue weighted by atomic mass is 32.2. The van der Waals surface area contributed by atoms with Gasteiger partial charge < -0.3 is 4.57 Å². The van der Waals surface area contributed by atoms with E-state index in [1.54, 1.807) is 0 Å². The van der Waals surface area contributed by atoms with Gasteiger partial charge in [0.2, 0.25) is 10.0 Å². The van der Waals surface area contributed by atoms with Crippen LogP contribution < -0.4 is 4.72 Å². The topological polar surface area (TPSA) is 54.3 Å². The number of hydrogen-bond acceptors (Lipinski definition) is 3. The fourth-order valence-corrected chi connectivity index (χ4v) is 4.85. The summed E-state index contributed by atoms with van der Waals surface area (Å²) in [6.07, 6.45) is 6.74. The molecule has 1 aliphatic rings. The number of aryl methyl sites for hydroxylation is 1. The highest BCUT2D eigenvalue weighted by Gasteiger charge is 2.25. The standard InChI is InChI=1S/C20H28FN3O2S/c1-23-12-6-7-19(23)20(24-13-4-2-3-5-14-24)15-22-27(25,26)16-17-8-10-18(21)11-9-17/h6-12,20,22H,2-5,13-16H2,1H3. The average Bonchev–Trinajstić information content (AvgIpc) is 2.88. The Balaban J connectivity index is 1.71. The first-order valence-electron chi connectivity index (χ1n) is 9.52. The summed E-state index contributed by atoms with van der Waals surface area (Å²) in [5.74, 6) is -0.512. The van der Waals surface area contributed by atoms with Crippen LogP contribution in [0.5, 0.6) is 0 Å². The summed E-state index contributed by atoms with van der Waals surface area (Å²) < 4.78 is 43.0. The fraction of sp³-hybridized carbons (Fsp3) is 0.500. The fourth-order valence-electron chi connectivity index (χ4n) is 3.71. The lowest BCUT2D eigenvalue weighted by atomic mass is 10.1. The predicted octanol–water partition coefficient (Wildman–Crippen LogP) is 3.20. The zero-order chi connectivity index (χ0) is 19.3. The highest BCUT2D eigenvalue weighted by molar-refractivity contribution is 7.88. The lowest BCUT2D eigenvalue weighted by molar-refractivity contribution is 0.199. The largest absolute Gasteiger partial charge is 0.353 e. The maximum Gasteiger partial charge on any atom is 0.215 e. The highest BCUT2D eigenvalue weighted by Crippen LogP contribution is 2.24. The van der Waals surface area contributed by atoms with Gasteiger partial charge in [-0.3, -0.25) is 4.90 Å². The smallest absolute Gasteiger partial charge is 0.215 e. The molecule has 148 valence electrons. The molecule has 0 spiro atoms. The van der Waals surface area contributed by atoms with Crippen LogP contribution in [0, 0.1) is 5.82 Å². The lowest BCUT2D eigenvalue weighted by Crippen LogP contribution is -2.39. The molecule has 0 amide bonds. The number of benzene rings is 1. The molecule has 3 rings (SSSR count). The molecule has 5 nitrogen and oxygen atoms in total. The Morgan fingerprint density at radius 1 is 1.07 bits per heavy atom. The quantitative estimate of drug-likeness (QED) is 0.786. The van der Waals surface area contributed by atoms with Crippen LogP contribution >= 0.6 is 0 Å². The van der Waals surface area contributed by atoms with Crippen LogP contribution in [0.4, 0.5) is 4.39 Å². The number of sulfonamides is 1. The summed E-state index contributed by atoms with van der Waals surface area (Å²) in [6, 6.07) is 9.66. The predicted molar refractivity (Wildman–Crippen MR) is 105 cm³/mol. The van der Waals surface area contributed by atoms with E-state index in [4.69, 9.17) is 0 Å². The Hall–Kier alpha value is -1.70.